The minimum atomic E-state index is -4.54. The summed E-state index contributed by atoms with van der Waals surface area (Å²) >= 11 is 0. The van der Waals surface area contributed by atoms with Crippen LogP contribution in [0.25, 0.3) is 0 Å². The maximum atomic E-state index is 12.7. The molecule has 9 heteroatoms. The first kappa shape index (κ1) is 20.8. The standard InChI is InChI=1S/C21H16F3N3O3/c1-13(28)26-15-6-8-18(9-7-15)30-20(29)14-2-4-16(5-3-14)27-17-10-11-25-19(12-17)21(22,23)24/h2-12H,1H3,(H,25,27)(H,26,28). The maximum Gasteiger partial charge on any atom is 0.433 e. The van der Waals surface area contributed by atoms with Gasteiger partial charge in [0.05, 0.1) is 5.56 Å². The monoisotopic (exact) mass is 415 g/mol. The lowest BCUT2D eigenvalue weighted by Crippen LogP contribution is -2.09. The van der Waals surface area contributed by atoms with Crippen LogP contribution in [0.15, 0.2) is 66.9 Å². The predicted octanol–water partition coefficient (Wildman–Crippen LogP) is 5.02. The summed E-state index contributed by atoms with van der Waals surface area (Å²) in [5.41, 5.74) is 0.536. The van der Waals surface area contributed by atoms with E-state index in [4.69, 9.17) is 4.74 Å². The van der Waals surface area contributed by atoms with Crippen molar-refractivity contribution in [2.75, 3.05) is 10.6 Å². The molecule has 0 radical (unpaired) electrons. The second-order valence-corrected chi connectivity index (χ2v) is 6.22. The second-order valence-electron chi connectivity index (χ2n) is 6.22. The lowest BCUT2D eigenvalue weighted by molar-refractivity contribution is -0.141. The van der Waals surface area contributed by atoms with Gasteiger partial charge in [0.2, 0.25) is 5.91 Å². The number of rotatable bonds is 5. The van der Waals surface area contributed by atoms with Gasteiger partial charge in [0.1, 0.15) is 11.4 Å². The number of nitrogens with one attached hydrogen (secondary N) is 2. The summed E-state index contributed by atoms with van der Waals surface area (Å²) in [7, 11) is 0. The molecule has 1 heterocycles. The highest BCUT2D eigenvalue weighted by Gasteiger charge is 2.32. The molecule has 3 rings (SSSR count). The molecule has 2 N–H and O–H groups in total. The highest BCUT2D eigenvalue weighted by atomic mass is 19.4. The van der Waals surface area contributed by atoms with Crippen LogP contribution in [-0.4, -0.2) is 16.9 Å². The summed E-state index contributed by atoms with van der Waals surface area (Å²) in [5, 5.41) is 5.43. The highest BCUT2D eigenvalue weighted by Crippen LogP contribution is 2.29. The lowest BCUT2D eigenvalue weighted by Gasteiger charge is -2.10. The number of hydrogen-bond acceptors (Lipinski definition) is 5. The average Bonchev–Trinajstić information content (AvgIpc) is 2.69. The molecule has 0 atom stereocenters. The minimum Gasteiger partial charge on any atom is -0.423 e. The van der Waals surface area contributed by atoms with Gasteiger partial charge in [-0.25, -0.2) is 4.79 Å². The van der Waals surface area contributed by atoms with E-state index in [1.165, 1.54) is 25.1 Å². The normalized spacial score (nSPS) is 10.9. The number of anilines is 3. The molecule has 0 unspecified atom stereocenters. The van der Waals surface area contributed by atoms with Crippen molar-refractivity contribution < 1.29 is 27.5 Å². The SMILES string of the molecule is CC(=O)Nc1ccc(OC(=O)c2ccc(Nc3ccnc(C(F)(F)F)c3)cc2)cc1. The number of carbonyl (C=O) groups excluding carboxylic acids is 2. The van der Waals surface area contributed by atoms with E-state index in [0.717, 1.165) is 12.3 Å². The zero-order chi connectivity index (χ0) is 21.7. The molecule has 30 heavy (non-hydrogen) atoms. The molecular weight excluding hydrogens is 399 g/mol. The van der Waals surface area contributed by atoms with Crippen LogP contribution in [0.5, 0.6) is 5.75 Å². The van der Waals surface area contributed by atoms with Crippen molar-refractivity contribution >= 4 is 28.9 Å². The first-order chi connectivity index (χ1) is 14.2. The Labute approximate surface area is 169 Å². The van der Waals surface area contributed by atoms with E-state index in [0.29, 0.717) is 17.1 Å². The van der Waals surface area contributed by atoms with Crippen molar-refractivity contribution in [3.8, 4) is 5.75 Å². The molecule has 0 aliphatic rings. The molecule has 0 saturated carbocycles. The van der Waals surface area contributed by atoms with Crippen LogP contribution in [0.3, 0.4) is 0 Å². The van der Waals surface area contributed by atoms with E-state index in [2.05, 4.69) is 15.6 Å². The minimum absolute atomic E-state index is 0.213. The lowest BCUT2D eigenvalue weighted by atomic mass is 10.2. The van der Waals surface area contributed by atoms with Gasteiger partial charge in [-0.3, -0.25) is 9.78 Å². The number of amides is 1. The number of benzene rings is 2. The summed E-state index contributed by atoms with van der Waals surface area (Å²) in [6.07, 6.45) is -3.47. The Hall–Kier alpha value is -3.88. The molecule has 6 nitrogen and oxygen atoms in total. The van der Waals surface area contributed by atoms with Gasteiger partial charge in [0.15, 0.2) is 0 Å². The third-order valence-electron chi connectivity index (χ3n) is 3.84. The van der Waals surface area contributed by atoms with E-state index in [1.54, 1.807) is 36.4 Å². The van der Waals surface area contributed by atoms with Gasteiger partial charge in [-0.05, 0) is 60.7 Å². The van der Waals surface area contributed by atoms with Crippen LogP contribution in [0.4, 0.5) is 30.2 Å². The molecule has 1 amide bonds. The first-order valence-electron chi connectivity index (χ1n) is 8.71. The number of esters is 1. The number of carbonyl (C=O) groups is 2. The van der Waals surface area contributed by atoms with Crippen molar-refractivity contribution in [3.05, 3.63) is 78.1 Å². The Kier molecular flexibility index (Phi) is 6.01. The van der Waals surface area contributed by atoms with Gasteiger partial charge in [-0.1, -0.05) is 0 Å². The van der Waals surface area contributed by atoms with Crippen molar-refractivity contribution in [2.24, 2.45) is 0 Å². The molecule has 0 saturated heterocycles. The van der Waals surface area contributed by atoms with Crippen LogP contribution in [0.1, 0.15) is 23.0 Å². The molecule has 2 aromatic carbocycles. The smallest absolute Gasteiger partial charge is 0.423 e. The van der Waals surface area contributed by atoms with Gasteiger partial charge in [-0.15, -0.1) is 0 Å². The van der Waals surface area contributed by atoms with Crippen LogP contribution >= 0.6 is 0 Å². The van der Waals surface area contributed by atoms with Crippen molar-refractivity contribution in [1.29, 1.82) is 0 Å². The third-order valence-corrected chi connectivity index (χ3v) is 3.84. The molecule has 0 spiro atoms. The van der Waals surface area contributed by atoms with E-state index >= 15 is 0 Å². The predicted molar refractivity (Wildman–Crippen MR) is 105 cm³/mol. The number of aromatic nitrogens is 1. The fourth-order valence-electron chi connectivity index (χ4n) is 2.50. The van der Waals surface area contributed by atoms with Crippen LogP contribution in [0, 0.1) is 0 Å². The van der Waals surface area contributed by atoms with Gasteiger partial charge in [-0.2, -0.15) is 13.2 Å². The zero-order valence-corrected chi connectivity index (χ0v) is 15.7. The third kappa shape index (κ3) is 5.57. The number of pyridine rings is 1. The molecule has 0 fully saturated rings. The number of alkyl halides is 3. The molecule has 154 valence electrons. The Morgan fingerprint density at radius 2 is 1.53 bits per heavy atom. The average molecular weight is 415 g/mol. The number of hydrogen-bond donors (Lipinski definition) is 2. The Morgan fingerprint density at radius 1 is 0.900 bits per heavy atom. The van der Waals surface area contributed by atoms with E-state index in [9.17, 15) is 22.8 Å². The topological polar surface area (TPSA) is 80.3 Å². The van der Waals surface area contributed by atoms with E-state index in [-0.39, 0.29) is 17.2 Å². The van der Waals surface area contributed by atoms with Crippen molar-refractivity contribution in [1.82, 2.24) is 4.98 Å². The molecule has 0 aliphatic carbocycles. The highest BCUT2D eigenvalue weighted by molar-refractivity contribution is 5.92. The summed E-state index contributed by atoms with van der Waals surface area (Å²) in [4.78, 5) is 26.6. The van der Waals surface area contributed by atoms with Gasteiger partial charge < -0.3 is 15.4 Å². The number of nitrogens with zero attached hydrogens (tertiary/aromatic N) is 1. The van der Waals surface area contributed by atoms with Gasteiger partial charge >= 0.3 is 12.1 Å². The molecule has 0 aliphatic heterocycles. The zero-order valence-electron chi connectivity index (χ0n) is 15.7. The number of ether oxygens (including phenoxy) is 1. The van der Waals surface area contributed by atoms with Crippen molar-refractivity contribution in [3.63, 3.8) is 0 Å². The van der Waals surface area contributed by atoms with E-state index in [1.807, 2.05) is 0 Å². The largest absolute Gasteiger partial charge is 0.433 e. The van der Waals surface area contributed by atoms with Gasteiger partial charge in [0, 0.05) is 30.2 Å². The first-order valence-corrected chi connectivity index (χ1v) is 8.71. The Morgan fingerprint density at radius 3 is 2.13 bits per heavy atom. The van der Waals surface area contributed by atoms with Crippen LogP contribution in [-0.2, 0) is 11.0 Å². The summed E-state index contributed by atoms with van der Waals surface area (Å²) in [6.45, 7) is 1.39. The Balaban J connectivity index is 1.64. The quantitative estimate of drug-likeness (QED) is 0.452. The molecule has 1 aromatic heterocycles. The molecule has 3 aromatic rings. The summed E-state index contributed by atoms with van der Waals surface area (Å²) in [5.74, 6) is -0.514. The van der Waals surface area contributed by atoms with Crippen molar-refractivity contribution in [2.45, 2.75) is 13.1 Å². The van der Waals surface area contributed by atoms with Crippen LogP contribution < -0.4 is 15.4 Å². The maximum absolute atomic E-state index is 12.7. The van der Waals surface area contributed by atoms with Crippen LogP contribution in [0.2, 0.25) is 0 Å². The summed E-state index contributed by atoms with van der Waals surface area (Å²) in [6, 6.07) is 14.6. The number of halogens is 3. The summed E-state index contributed by atoms with van der Waals surface area (Å²) < 4.78 is 43.5. The fourth-order valence-corrected chi connectivity index (χ4v) is 2.50. The fraction of sp³-hybridized carbons (Fsp3) is 0.0952. The van der Waals surface area contributed by atoms with E-state index < -0.39 is 17.8 Å². The second kappa shape index (κ2) is 8.64. The Bertz CT molecular complexity index is 1050. The molecular formula is C21H16F3N3O3. The van der Waals surface area contributed by atoms with Gasteiger partial charge in [0.25, 0.3) is 0 Å². The molecule has 0 bridgehead atoms.